The van der Waals surface area contributed by atoms with Crippen molar-refractivity contribution in [3.05, 3.63) is 53.2 Å². The zero-order chi connectivity index (χ0) is 21.6. The Kier molecular flexibility index (Phi) is 7.14. The number of carbonyl (C=O) groups excluding carboxylic acids is 1. The molecule has 164 valence electrons. The third-order valence-corrected chi connectivity index (χ3v) is 7.08. The molecule has 1 aliphatic heterocycles. The lowest BCUT2D eigenvalue weighted by atomic mass is 9.97. The van der Waals surface area contributed by atoms with E-state index in [9.17, 15) is 4.79 Å². The number of amides is 1. The molecule has 31 heavy (non-hydrogen) atoms. The fourth-order valence-electron chi connectivity index (χ4n) is 4.19. The maximum atomic E-state index is 12.8. The molecule has 4 rings (SSSR count). The highest BCUT2D eigenvalue weighted by atomic mass is 32.1. The summed E-state index contributed by atoms with van der Waals surface area (Å²) in [6.07, 6.45) is 4.59. The van der Waals surface area contributed by atoms with Crippen LogP contribution in [-0.2, 0) is 17.8 Å². The highest BCUT2D eigenvalue weighted by molar-refractivity contribution is 7.18. The van der Waals surface area contributed by atoms with Crippen molar-refractivity contribution >= 4 is 33.3 Å². The summed E-state index contributed by atoms with van der Waals surface area (Å²) in [6, 6.07) is 12.6. The fraction of sp³-hybridized carbons (Fsp3) is 0.458. The third-order valence-electron chi connectivity index (χ3n) is 5.89. The van der Waals surface area contributed by atoms with Crippen LogP contribution in [0.2, 0.25) is 0 Å². The lowest BCUT2D eigenvalue weighted by molar-refractivity contribution is -0.125. The molecule has 1 amide bonds. The SMILES string of the molecule is CCc1cc2c(N3CCCC(C(=O)NCCN(C)Cc4ccccc4)C3)ncnc2s1. The van der Waals surface area contributed by atoms with Crippen LogP contribution < -0.4 is 10.2 Å². The van der Waals surface area contributed by atoms with Crippen LogP contribution in [0.4, 0.5) is 5.82 Å². The van der Waals surface area contributed by atoms with Crippen molar-refractivity contribution in [2.75, 3.05) is 38.1 Å². The van der Waals surface area contributed by atoms with Gasteiger partial charge < -0.3 is 15.1 Å². The second-order valence-electron chi connectivity index (χ2n) is 8.28. The van der Waals surface area contributed by atoms with Gasteiger partial charge >= 0.3 is 0 Å². The van der Waals surface area contributed by atoms with Crippen LogP contribution in [-0.4, -0.2) is 54.0 Å². The van der Waals surface area contributed by atoms with E-state index in [0.717, 1.165) is 61.5 Å². The summed E-state index contributed by atoms with van der Waals surface area (Å²) in [5, 5.41) is 4.27. The summed E-state index contributed by atoms with van der Waals surface area (Å²) >= 11 is 1.74. The molecule has 1 fully saturated rings. The predicted molar refractivity (Wildman–Crippen MR) is 128 cm³/mol. The van der Waals surface area contributed by atoms with E-state index in [1.807, 2.05) is 6.07 Å². The summed E-state index contributed by atoms with van der Waals surface area (Å²) in [7, 11) is 2.09. The molecule has 2 aromatic heterocycles. The maximum Gasteiger partial charge on any atom is 0.224 e. The van der Waals surface area contributed by atoms with Crippen LogP contribution in [0.3, 0.4) is 0 Å². The summed E-state index contributed by atoms with van der Waals surface area (Å²) in [4.78, 5) is 28.7. The van der Waals surface area contributed by atoms with Crippen molar-refractivity contribution in [2.24, 2.45) is 5.92 Å². The minimum atomic E-state index is 0.00229. The van der Waals surface area contributed by atoms with Gasteiger partial charge in [-0.2, -0.15) is 0 Å². The normalized spacial score (nSPS) is 16.7. The number of aromatic nitrogens is 2. The number of rotatable bonds is 8. The van der Waals surface area contributed by atoms with Gasteiger partial charge in [-0.25, -0.2) is 9.97 Å². The fourth-order valence-corrected chi connectivity index (χ4v) is 5.12. The summed E-state index contributed by atoms with van der Waals surface area (Å²) in [5.74, 6) is 1.13. The van der Waals surface area contributed by atoms with Crippen molar-refractivity contribution < 1.29 is 4.79 Å². The zero-order valence-corrected chi connectivity index (χ0v) is 19.2. The van der Waals surface area contributed by atoms with E-state index in [2.05, 4.69) is 69.4 Å². The molecule has 1 unspecified atom stereocenters. The molecule has 0 radical (unpaired) electrons. The second-order valence-corrected chi connectivity index (χ2v) is 9.40. The van der Waals surface area contributed by atoms with Gasteiger partial charge in [-0.1, -0.05) is 37.3 Å². The molecule has 6 nitrogen and oxygen atoms in total. The molecule has 3 aromatic rings. The molecule has 1 aromatic carbocycles. The molecule has 0 saturated carbocycles. The van der Waals surface area contributed by atoms with E-state index in [-0.39, 0.29) is 11.8 Å². The number of carbonyl (C=O) groups is 1. The van der Waals surface area contributed by atoms with Crippen molar-refractivity contribution in [3.8, 4) is 0 Å². The molecular formula is C24H31N5OS. The first-order chi connectivity index (χ1) is 15.1. The summed E-state index contributed by atoms with van der Waals surface area (Å²) in [6.45, 7) is 6.20. The molecule has 1 saturated heterocycles. The number of hydrogen-bond acceptors (Lipinski definition) is 6. The van der Waals surface area contributed by atoms with Crippen LogP contribution >= 0.6 is 11.3 Å². The van der Waals surface area contributed by atoms with Gasteiger partial charge in [-0.05, 0) is 37.9 Å². The van der Waals surface area contributed by atoms with E-state index in [1.54, 1.807) is 17.7 Å². The zero-order valence-electron chi connectivity index (χ0n) is 18.4. The smallest absolute Gasteiger partial charge is 0.224 e. The molecule has 7 heteroatoms. The number of nitrogens with zero attached hydrogens (tertiary/aromatic N) is 4. The van der Waals surface area contributed by atoms with E-state index in [4.69, 9.17) is 0 Å². The maximum absolute atomic E-state index is 12.8. The van der Waals surface area contributed by atoms with Crippen LogP contribution in [0.25, 0.3) is 10.2 Å². The Hall–Kier alpha value is -2.51. The average Bonchev–Trinajstić information content (AvgIpc) is 3.23. The quantitative estimate of drug-likeness (QED) is 0.582. The number of anilines is 1. The number of nitrogens with one attached hydrogen (secondary N) is 1. The Balaban J connectivity index is 1.31. The van der Waals surface area contributed by atoms with E-state index in [1.165, 1.54) is 10.4 Å². The minimum absolute atomic E-state index is 0.00229. The summed E-state index contributed by atoms with van der Waals surface area (Å²) < 4.78 is 0. The van der Waals surface area contributed by atoms with E-state index < -0.39 is 0 Å². The topological polar surface area (TPSA) is 61.4 Å². The molecule has 0 bridgehead atoms. The Morgan fingerprint density at radius 2 is 2.13 bits per heavy atom. The highest BCUT2D eigenvalue weighted by Crippen LogP contribution is 2.32. The van der Waals surface area contributed by atoms with Crippen molar-refractivity contribution in [1.29, 1.82) is 0 Å². The Morgan fingerprint density at radius 1 is 1.29 bits per heavy atom. The Bertz CT molecular complexity index is 1010. The van der Waals surface area contributed by atoms with E-state index in [0.29, 0.717) is 6.54 Å². The van der Waals surface area contributed by atoms with Gasteiger partial charge in [0.25, 0.3) is 0 Å². The van der Waals surface area contributed by atoms with Gasteiger partial charge in [0.05, 0.1) is 11.3 Å². The molecule has 3 heterocycles. The molecule has 1 atom stereocenters. The third kappa shape index (κ3) is 5.40. The highest BCUT2D eigenvalue weighted by Gasteiger charge is 2.27. The molecule has 0 aliphatic carbocycles. The molecule has 1 N–H and O–H groups in total. The molecular weight excluding hydrogens is 406 g/mol. The van der Waals surface area contributed by atoms with Gasteiger partial charge in [0, 0.05) is 37.6 Å². The number of likely N-dealkylation sites (N-methyl/N-ethyl adjacent to an activating group) is 1. The monoisotopic (exact) mass is 437 g/mol. The summed E-state index contributed by atoms with van der Waals surface area (Å²) in [5.41, 5.74) is 1.29. The van der Waals surface area contributed by atoms with Crippen LogP contribution in [0.5, 0.6) is 0 Å². The Morgan fingerprint density at radius 3 is 2.94 bits per heavy atom. The lowest BCUT2D eigenvalue weighted by Gasteiger charge is -2.33. The number of benzene rings is 1. The first-order valence-corrected chi connectivity index (χ1v) is 11.9. The van der Waals surface area contributed by atoms with Crippen LogP contribution in [0.15, 0.2) is 42.7 Å². The lowest BCUT2D eigenvalue weighted by Crippen LogP contribution is -2.44. The van der Waals surface area contributed by atoms with Crippen molar-refractivity contribution in [2.45, 2.75) is 32.7 Å². The van der Waals surface area contributed by atoms with Gasteiger partial charge in [0.1, 0.15) is 17.0 Å². The van der Waals surface area contributed by atoms with Gasteiger partial charge in [0.2, 0.25) is 5.91 Å². The number of fused-ring (bicyclic) bond motifs is 1. The number of hydrogen-bond donors (Lipinski definition) is 1. The van der Waals surface area contributed by atoms with Crippen LogP contribution in [0.1, 0.15) is 30.2 Å². The van der Waals surface area contributed by atoms with Crippen molar-refractivity contribution in [3.63, 3.8) is 0 Å². The number of thiophene rings is 1. The second kappa shape index (κ2) is 10.2. The molecule has 1 aliphatic rings. The predicted octanol–water partition coefficient (Wildman–Crippen LogP) is 3.72. The average molecular weight is 438 g/mol. The van der Waals surface area contributed by atoms with Gasteiger partial charge in [-0.3, -0.25) is 4.79 Å². The first kappa shape index (κ1) is 21.7. The number of piperidine rings is 1. The van der Waals surface area contributed by atoms with Gasteiger partial charge in [-0.15, -0.1) is 11.3 Å². The minimum Gasteiger partial charge on any atom is -0.355 e. The first-order valence-electron chi connectivity index (χ1n) is 11.1. The standard InChI is InChI=1S/C24H31N5OS/c1-3-20-14-21-22(26-17-27-24(21)31-20)29-12-7-10-19(16-29)23(30)25-11-13-28(2)15-18-8-5-4-6-9-18/h4-6,8-9,14,17,19H,3,7,10-13,15-16H2,1-2H3,(H,25,30). The van der Waals surface area contributed by atoms with Crippen molar-refractivity contribution in [1.82, 2.24) is 20.2 Å². The number of aryl methyl sites for hydroxylation is 1. The largest absolute Gasteiger partial charge is 0.355 e. The van der Waals surface area contributed by atoms with E-state index >= 15 is 0 Å². The van der Waals surface area contributed by atoms with Crippen LogP contribution in [0, 0.1) is 5.92 Å². The van der Waals surface area contributed by atoms with Gasteiger partial charge in [0.15, 0.2) is 0 Å². The Labute approximate surface area is 188 Å². The molecule has 0 spiro atoms.